The Hall–Kier alpha value is -1.76. The number of halogens is 1. The van der Waals surface area contributed by atoms with Crippen LogP contribution in [0.3, 0.4) is 0 Å². The summed E-state index contributed by atoms with van der Waals surface area (Å²) in [5, 5.41) is 8.02. The first-order valence-electron chi connectivity index (χ1n) is 6.45. The molecule has 0 spiro atoms. The van der Waals surface area contributed by atoms with Crippen LogP contribution in [0.15, 0.2) is 29.2 Å². The molecule has 1 aromatic heterocycles. The van der Waals surface area contributed by atoms with Gasteiger partial charge in [0, 0.05) is 13.0 Å². The van der Waals surface area contributed by atoms with E-state index < -0.39 is 15.7 Å². The average molecular weight is 295 g/mol. The van der Waals surface area contributed by atoms with Crippen LogP contribution in [0.25, 0.3) is 0 Å². The number of nitrogens with zero attached hydrogens (tertiary/aromatic N) is 3. The van der Waals surface area contributed by atoms with Gasteiger partial charge in [0.15, 0.2) is 9.84 Å². The van der Waals surface area contributed by atoms with Gasteiger partial charge in [0.05, 0.1) is 4.90 Å². The Morgan fingerprint density at radius 1 is 1.15 bits per heavy atom. The summed E-state index contributed by atoms with van der Waals surface area (Å²) in [6.45, 7) is 0.761. The van der Waals surface area contributed by atoms with E-state index in [-0.39, 0.29) is 10.6 Å². The minimum Gasteiger partial charge on any atom is -0.314 e. The molecule has 0 N–H and O–H groups in total. The summed E-state index contributed by atoms with van der Waals surface area (Å²) < 4.78 is 39.3. The number of sulfone groups is 1. The molecule has 3 rings (SSSR count). The predicted molar refractivity (Wildman–Crippen MR) is 70.2 cm³/mol. The van der Waals surface area contributed by atoms with Crippen LogP contribution in [0.2, 0.25) is 0 Å². The zero-order valence-corrected chi connectivity index (χ0v) is 11.6. The third kappa shape index (κ3) is 2.45. The van der Waals surface area contributed by atoms with Crippen molar-refractivity contribution in [1.29, 1.82) is 0 Å². The monoisotopic (exact) mass is 295 g/mol. The van der Waals surface area contributed by atoms with E-state index in [1.165, 1.54) is 12.1 Å². The van der Waals surface area contributed by atoms with Crippen molar-refractivity contribution in [2.24, 2.45) is 0 Å². The Kier molecular flexibility index (Phi) is 3.29. The van der Waals surface area contributed by atoms with Crippen LogP contribution in [0, 0.1) is 5.82 Å². The maximum Gasteiger partial charge on any atom is 0.185 e. The molecule has 0 saturated heterocycles. The molecular formula is C13H14FN3O2S. The molecule has 106 valence electrons. The number of rotatable bonds is 3. The van der Waals surface area contributed by atoms with E-state index in [2.05, 4.69) is 10.2 Å². The third-order valence-corrected chi connectivity index (χ3v) is 5.06. The summed E-state index contributed by atoms with van der Waals surface area (Å²) >= 11 is 0. The molecule has 7 heteroatoms. The van der Waals surface area contributed by atoms with Gasteiger partial charge in [0.25, 0.3) is 0 Å². The van der Waals surface area contributed by atoms with Crippen molar-refractivity contribution in [3.05, 3.63) is 41.7 Å². The number of hydrogen-bond donors (Lipinski definition) is 0. The Morgan fingerprint density at radius 2 is 1.90 bits per heavy atom. The fraction of sp³-hybridized carbons (Fsp3) is 0.385. The minimum atomic E-state index is -3.52. The Bertz CT molecular complexity index is 723. The number of aryl methyl sites for hydroxylation is 1. The molecule has 0 atom stereocenters. The summed E-state index contributed by atoms with van der Waals surface area (Å²) in [7, 11) is -3.52. The molecule has 20 heavy (non-hydrogen) atoms. The quantitative estimate of drug-likeness (QED) is 0.809. The van der Waals surface area contributed by atoms with Crippen LogP contribution in [0.5, 0.6) is 0 Å². The Morgan fingerprint density at radius 3 is 2.65 bits per heavy atom. The second kappa shape index (κ2) is 4.97. The van der Waals surface area contributed by atoms with Gasteiger partial charge in [0.2, 0.25) is 0 Å². The Balaban J connectivity index is 1.90. The van der Waals surface area contributed by atoms with E-state index >= 15 is 0 Å². The lowest BCUT2D eigenvalue weighted by Gasteiger charge is -2.14. The van der Waals surface area contributed by atoms with E-state index in [0.717, 1.165) is 43.8 Å². The highest BCUT2D eigenvalue weighted by Gasteiger charge is 2.22. The summed E-state index contributed by atoms with van der Waals surface area (Å²) in [5.41, 5.74) is 0. The maximum atomic E-state index is 12.9. The van der Waals surface area contributed by atoms with E-state index in [1.807, 2.05) is 4.57 Å². The lowest BCUT2D eigenvalue weighted by Crippen LogP contribution is -2.16. The van der Waals surface area contributed by atoms with Crippen LogP contribution in [0.1, 0.15) is 24.5 Å². The van der Waals surface area contributed by atoms with Gasteiger partial charge in [-0.3, -0.25) is 0 Å². The van der Waals surface area contributed by atoms with Crippen molar-refractivity contribution in [1.82, 2.24) is 14.8 Å². The molecule has 0 amide bonds. The highest BCUT2D eigenvalue weighted by molar-refractivity contribution is 7.90. The van der Waals surface area contributed by atoms with E-state index in [1.54, 1.807) is 0 Å². The van der Waals surface area contributed by atoms with Crippen LogP contribution < -0.4 is 0 Å². The molecule has 2 aromatic rings. The van der Waals surface area contributed by atoms with Crippen molar-refractivity contribution in [2.45, 2.75) is 36.5 Å². The predicted octanol–water partition coefficient (Wildman–Crippen LogP) is 1.73. The second-order valence-electron chi connectivity index (χ2n) is 4.85. The second-order valence-corrected chi connectivity index (χ2v) is 6.84. The zero-order valence-electron chi connectivity index (χ0n) is 10.8. The number of fused-ring (bicyclic) bond motifs is 1. The van der Waals surface area contributed by atoms with E-state index in [0.29, 0.717) is 5.82 Å². The van der Waals surface area contributed by atoms with E-state index in [9.17, 15) is 12.8 Å². The van der Waals surface area contributed by atoms with Crippen molar-refractivity contribution in [3.8, 4) is 0 Å². The van der Waals surface area contributed by atoms with Gasteiger partial charge in [-0.15, -0.1) is 10.2 Å². The van der Waals surface area contributed by atoms with Crippen LogP contribution in [-0.2, 0) is 28.6 Å². The largest absolute Gasteiger partial charge is 0.314 e. The zero-order chi connectivity index (χ0) is 14.2. The molecule has 0 bridgehead atoms. The van der Waals surface area contributed by atoms with Gasteiger partial charge < -0.3 is 4.57 Å². The third-order valence-electron chi connectivity index (χ3n) is 3.43. The van der Waals surface area contributed by atoms with Crippen molar-refractivity contribution >= 4 is 9.84 Å². The fourth-order valence-corrected chi connectivity index (χ4v) is 3.64. The lowest BCUT2D eigenvalue weighted by atomic mass is 10.2. The molecule has 0 saturated carbocycles. The van der Waals surface area contributed by atoms with Crippen LogP contribution in [0.4, 0.5) is 4.39 Å². The number of aromatic nitrogens is 3. The molecule has 2 heterocycles. The van der Waals surface area contributed by atoms with E-state index in [4.69, 9.17) is 0 Å². The number of benzene rings is 1. The van der Waals surface area contributed by atoms with Gasteiger partial charge in [0.1, 0.15) is 23.2 Å². The topological polar surface area (TPSA) is 64.8 Å². The van der Waals surface area contributed by atoms with Crippen molar-refractivity contribution in [3.63, 3.8) is 0 Å². The van der Waals surface area contributed by atoms with Crippen molar-refractivity contribution < 1.29 is 12.8 Å². The van der Waals surface area contributed by atoms with Crippen LogP contribution >= 0.6 is 0 Å². The normalized spacial score (nSPS) is 15.1. The smallest absolute Gasteiger partial charge is 0.185 e. The molecule has 1 aromatic carbocycles. The first kappa shape index (κ1) is 13.2. The molecule has 1 aliphatic rings. The molecule has 0 fully saturated rings. The van der Waals surface area contributed by atoms with Crippen LogP contribution in [-0.4, -0.2) is 23.2 Å². The van der Waals surface area contributed by atoms with Crippen molar-refractivity contribution in [2.75, 3.05) is 0 Å². The summed E-state index contributed by atoms with van der Waals surface area (Å²) in [6.07, 6.45) is 2.90. The molecule has 5 nitrogen and oxygen atoms in total. The lowest BCUT2D eigenvalue weighted by molar-refractivity contribution is 0.511. The number of hydrogen-bond acceptors (Lipinski definition) is 4. The minimum absolute atomic E-state index is 0.104. The first-order chi connectivity index (χ1) is 9.56. The SMILES string of the molecule is O=S(=O)(Cc1nnc2n1CCCC2)c1ccc(F)cc1. The molecular weight excluding hydrogens is 281 g/mol. The van der Waals surface area contributed by atoms with Gasteiger partial charge in [-0.25, -0.2) is 12.8 Å². The maximum absolute atomic E-state index is 12.9. The Labute approximate surface area is 116 Å². The molecule has 0 radical (unpaired) electrons. The molecule has 1 aliphatic heterocycles. The average Bonchev–Trinajstić information content (AvgIpc) is 2.82. The first-order valence-corrected chi connectivity index (χ1v) is 8.11. The van der Waals surface area contributed by atoms with Gasteiger partial charge in [-0.1, -0.05) is 0 Å². The summed E-state index contributed by atoms with van der Waals surface area (Å²) in [5.74, 6) is 0.652. The molecule has 0 unspecified atom stereocenters. The van der Waals surface area contributed by atoms with Gasteiger partial charge in [-0.05, 0) is 37.1 Å². The highest BCUT2D eigenvalue weighted by Crippen LogP contribution is 2.19. The fourth-order valence-electron chi connectivity index (χ4n) is 2.37. The van der Waals surface area contributed by atoms with Gasteiger partial charge in [-0.2, -0.15) is 0 Å². The summed E-state index contributed by atoms with van der Waals surface area (Å²) in [6, 6.07) is 4.84. The summed E-state index contributed by atoms with van der Waals surface area (Å²) in [4.78, 5) is 0.104. The standard InChI is InChI=1S/C13H14FN3O2S/c14-10-4-6-11(7-5-10)20(18,19)9-13-16-15-12-3-1-2-8-17(12)13/h4-7H,1-3,8-9H2. The van der Waals surface area contributed by atoms with Gasteiger partial charge >= 0.3 is 0 Å². The molecule has 0 aliphatic carbocycles. The highest BCUT2D eigenvalue weighted by atomic mass is 32.2.